The number of halogens is 3. The molecule has 0 saturated carbocycles. The molecule has 2 nitrogen and oxygen atoms in total. The van der Waals surface area contributed by atoms with Crippen LogP contribution in [-0.2, 0) is 4.79 Å². The predicted octanol–water partition coefficient (Wildman–Crippen LogP) is 3.56. The minimum Gasteiger partial charge on any atom is -0.377 e. The number of ketones is 1. The Bertz CT molecular complexity index is 419. The van der Waals surface area contributed by atoms with E-state index in [1.54, 1.807) is 15.7 Å². The summed E-state index contributed by atoms with van der Waals surface area (Å²) in [4.78, 5) is 13.1. The van der Waals surface area contributed by atoms with Gasteiger partial charge in [0.1, 0.15) is 0 Å². The van der Waals surface area contributed by atoms with Gasteiger partial charge in [-0.1, -0.05) is 0 Å². The predicted molar refractivity (Wildman–Crippen MR) is 66.3 cm³/mol. The molecule has 0 radical (unpaired) electrons. The number of carbonyl (C=O) groups is 1. The topological polar surface area (TPSA) is 20.3 Å². The number of allylic oxidation sites excluding steroid dienone is 1. The van der Waals surface area contributed by atoms with E-state index >= 15 is 0 Å². The van der Waals surface area contributed by atoms with Crippen LogP contribution in [0.4, 0.5) is 13.2 Å². The summed E-state index contributed by atoms with van der Waals surface area (Å²) >= 11 is 1.26. The number of nitrogens with zero attached hydrogens (tertiary/aromatic N) is 1. The van der Waals surface area contributed by atoms with Crippen LogP contribution in [0.5, 0.6) is 0 Å². The van der Waals surface area contributed by atoms with Crippen LogP contribution in [0.1, 0.15) is 19.4 Å². The number of alkyl halides is 3. The highest BCUT2D eigenvalue weighted by Gasteiger charge is 2.41. The monoisotopic (exact) mass is 277 g/mol. The zero-order valence-corrected chi connectivity index (χ0v) is 10.9. The van der Waals surface area contributed by atoms with Crippen LogP contribution >= 0.6 is 11.3 Å². The second kappa shape index (κ2) is 6.04. The fraction of sp³-hybridized carbons (Fsp3) is 0.417. The Balaban J connectivity index is 3.15. The quantitative estimate of drug-likeness (QED) is 0.767. The maximum atomic E-state index is 12.5. The first-order chi connectivity index (χ1) is 8.40. The van der Waals surface area contributed by atoms with Crippen molar-refractivity contribution in [3.05, 3.63) is 28.6 Å². The van der Waals surface area contributed by atoms with Crippen LogP contribution < -0.4 is 0 Å². The highest BCUT2D eigenvalue weighted by atomic mass is 32.1. The molecule has 0 N–H and O–H groups in total. The fourth-order valence-corrected chi connectivity index (χ4v) is 2.08. The number of carbonyl (C=O) groups excluding carboxylic acids is 1. The zero-order chi connectivity index (χ0) is 13.8. The highest BCUT2D eigenvalue weighted by Crippen LogP contribution is 2.28. The zero-order valence-electron chi connectivity index (χ0n) is 10.1. The van der Waals surface area contributed by atoms with Gasteiger partial charge >= 0.3 is 6.18 Å². The molecule has 1 rings (SSSR count). The van der Waals surface area contributed by atoms with Gasteiger partial charge in [0.25, 0.3) is 5.78 Å². The summed E-state index contributed by atoms with van der Waals surface area (Å²) in [5.74, 6) is -1.80. The molecule has 0 aliphatic carbocycles. The van der Waals surface area contributed by atoms with Crippen molar-refractivity contribution in [3.8, 4) is 0 Å². The van der Waals surface area contributed by atoms with Crippen LogP contribution in [0.2, 0.25) is 0 Å². The van der Waals surface area contributed by atoms with E-state index in [2.05, 4.69) is 0 Å². The Kier molecular flexibility index (Phi) is 4.95. The van der Waals surface area contributed by atoms with E-state index in [-0.39, 0.29) is 5.57 Å². The summed E-state index contributed by atoms with van der Waals surface area (Å²) < 4.78 is 37.6. The van der Waals surface area contributed by atoms with Gasteiger partial charge in [-0.2, -0.15) is 24.5 Å². The van der Waals surface area contributed by atoms with Gasteiger partial charge < -0.3 is 4.90 Å². The van der Waals surface area contributed by atoms with E-state index in [0.717, 1.165) is 0 Å². The average molecular weight is 277 g/mol. The summed E-state index contributed by atoms with van der Waals surface area (Å²) in [6.07, 6.45) is -3.56. The average Bonchev–Trinajstić information content (AvgIpc) is 2.82. The molecule has 0 spiro atoms. The standard InChI is InChI=1S/C12H14F3NOS/c1-3-16(4-2)7-10(9-5-6-18-8-9)11(17)12(13,14)15/h5-8H,3-4H2,1-2H3/b10-7+. The Morgan fingerprint density at radius 1 is 1.39 bits per heavy atom. The molecule has 18 heavy (non-hydrogen) atoms. The molecule has 6 heteroatoms. The van der Waals surface area contributed by atoms with Crippen LogP contribution in [0.25, 0.3) is 5.57 Å². The molecular formula is C12H14F3NOS. The fourth-order valence-electron chi connectivity index (χ4n) is 1.42. The van der Waals surface area contributed by atoms with Gasteiger partial charge in [0.2, 0.25) is 0 Å². The van der Waals surface area contributed by atoms with Gasteiger partial charge in [0.15, 0.2) is 0 Å². The van der Waals surface area contributed by atoms with Gasteiger partial charge in [-0.3, -0.25) is 4.79 Å². The van der Waals surface area contributed by atoms with Gasteiger partial charge in [-0.15, -0.1) is 0 Å². The molecule has 100 valence electrons. The van der Waals surface area contributed by atoms with Crippen molar-refractivity contribution >= 4 is 22.7 Å². The van der Waals surface area contributed by atoms with Crippen molar-refractivity contribution in [3.63, 3.8) is 0 Å². The number of rotatable bonds is 5. The van der Waals surface area contributed by atoms with Crippen LogP contribution in [-0.4, -0.2) is 29.9 Å². The minimum absolute atomic E-state index is 0.299. The first-order valence-electron chi connectivity index (χ1n) is 5.50. The molecule has 0 saturated heterocycles. The Labute approximate surface area is 108 Å². The lowest BCUT2D eigenvalue weighted by atomic mass is 10.1. The van der Waals surface area contributed by atoms with E-state index in [9.17, 15) is 18.0 Å². The van der Waals surface area contributed by atoms with Gasteiger partial charge in [0, 0.05) is 19.3 Å². The maximum Gasteiger partial charge on any atom is 0.454 e. The van der Waals surface area contributed by atoms with E-state index in [0.29, 0.717) is 18.7 Å². The molecular weight excluding hydrogens is 263 g/mol. The minimum atomic E-state index is -4.85. The first kappa shape index (κ1) is 14.8. The van der Waals surface area contributed by atoms with Crippen molar-refractivity contribution in [2.75, 3.05) is 13.1 Å². The molecule has 0 fully saturated rings. The summed E-state index contributed by atoms with van der Waals surface area (Å²) in [6, 6.07) is 1.52. The largest absolute Gasteiger partial charge is 0.454 e. The number of hydrogen-bond acceptors (Lipinski definition) is 3. The Morgan fingerprint density at radius 3 is 2.39 bits per heavy atom. The first-order valence-corrected chi connectivity index (χ1v) is 6.44. The van der Waals surface area contributed by atoms with E-state index in [4.69, 9.17) is 0 Å². The highest BCUT2D eigenvalue weighted by molar-refractivity contribution is 7.08. The molecule has 0 atom stereocenters. The maximum absolute atomic E-state index is 12.5. The van der Waals surface area contributed by atoms with Crippen LogP contribution in [0.3, 0.4) is 0 Å². The summed E-state index contributed by atoms with van der Waals surface area (Å²) in [7, 11) is 0. The molecule has 0 bridgehead atoms. The molecule has 1 heterocycles. The van der Waals surface area contributed by atoms with Crippen molar-refractivity contribution in [2.24, 2.45) is 0 Å². The van der Waals surface area contributed by atoms with Crippen molar-refractivity contribution < 1.29 is 18.0 Å². The third kappa shape index (κ3) is 3.60. The summed E-state index contributed by atoms with van der Waals surface area (Å²) in [5.41, 5.74) is 0.0154. The van der Waals surface area contributed by atoms with Crippen LogP contribution in [0, 0.1) is 0 Å². The normalized spacial score (nSPS) is 12.6. The molecule has 0 aliphatic heterocycles. The van der Waals surface area contributed by atoms with Crippen molar-refractivity contribution in [1.82, 2.24) is 4.90 Å². The lowest BCUT2D eigenvalue weighted by molar-refractivity contribution is -0.164. The third-order valence-corrected chi connectivity index (χ3v) is 3.14. The molecule has 0 unspecified atom stereocenters. The molecule has 0 aromatic carbocycles. The molecule has 1 aromatic rings. The molecule has 1 aromatic heterocycles. The summed E-state index contributed by atoms with van der Waals surface area (Å²) in [5, 5.41) is 3.19. The Hall–Kier alpha value is -1.30. The Morgan fingerprint density at radius 2 is 2.00 bits per heavy atom. The molecule has 0 aliphatic rings. The van der Waals surface area contributed by atoms with Gasteiger partial charge in [-0.25, -0.2) is 0 Å². The van der Waals surface area contributed by atoms with Crippen molar-refractivity contribution in [1.29, 1.82) is 0 Å². The lowest BCUT2D eigenvalue weighted by Gasteiger charge is -2.18. The van der Waals surface area contributed by atoms with Gasteiger partial charge in [0.05, 0.1) is 5.57 Å². The smallest absolute Gasteiger partial charge is 0.377 e. The number of Topliss-reactive ketones (excluding diaryl/α,β-unsaturated/α-hetero) is 1. The second-order valence-electron chi connectivity index (χ2n) is 3.60. The third-order valence-electron chi connectivity index (χ3n) is 2.46. The lowest BCUT2D eigenvalue weighted by Crippen LogP contribution is -2.26. The number of hydrogen-bond donors (Lipinski definition) is 0. The van der Waals surface area contributed by atoms with E-state index in [1.165, 1.54) is 23.6 Å². The number of thiophene rings is 1. The SMILES string of the molecule is CCN(/C=C(/C(=O)C(F)(F)F)c1ccsc1)CC. The van der Waals surface area contributed by atoms with Crippen LogP contribution in [0.15, 0.2) is 23.0 Å². The van der Waals surface area contributed by atoms with Gasteiger partial charge in [-0.05, 0) is 36.2 Å². The summed E-state index contributed by atoms with van der Waals surface area (Å²) in [6.45, 7) is 4.75. The van der Waals surface area contributed by atoms with Crippen molar-refractivity contribution in [2.45, 2.75) is 20.0 Å². The van der Waals surface area contributed by atoms with E-state index in [1.807, 2.05) is 13.8 Å². The second-order valence-corrected chi connectivity index (χ2v) is 4.38. The van der Waals surface area contributed by atoms with E-state index < -0.39 is 12.0 Å². The molecule has 0 amide bonds.